The van der Waals surface area contributed by atoms with Crippen LogP contribution in [0.25, 0.3) is 11.1 Å². The minimum absolute atomic E-state index is 0.00109. The maximum Gasteiger partial charge on any atom is 0.330 e. The van der Waals surface area contributed by atoms with E-state index in [0.717, 1.165) is 30.3 Å². The average molecular weight is 1450 g/mol. The van der Waals surface area contributed by atoms with Gasteiger partial charge in [-0.05, 0) is 120 Å². The lowest BCUT2D eigenvalue weighted by Gasteiger charge is -2.47. The predicted molar refractivity (Wildman–Crippen MR) is 355 cm³/mol. The zero-order chi connectivity index (χ0) is 73.5. The zero-order valence-electron chi connectivity index (χ0n) is 54.9. The van der Waals surface area contributed by atoms with Crippen molar-refractivity contribution in [2.24, 2.45) is 17.4 Å². The number of phenols is 3. The Morgan fingerprint density at radius 3 is 1.90 bits per heavy atom. The highest BCUT2D eigenvalue weighted by Crippen LogP contribution is 2.46. The average Bonchev–Trinajstić information content (AvgIpc) is 0.775. The third-order valence-corrected chi connectivity index (χ3v) is 19.3. The number of aliphatic hydroxyl groups is 6. The number of nitrogens with two attached hydrogens (primary N) is 2. The Bertz CT molecular complexity index is 4070. The van der Waals surface area contributed by atoms with Crippen LogP contribution in [0.1, 0.15) is 127 Å². The number of aliphatic hydroxyl groups excluding tert-OH is 6. The van der Waals surface area contributed by atoms with Gasteiger partial charge in [0.2, 0.25) is 47.6 Å². The molecule has 11 bridgehead atoms. The number of primary amides is 1. The quantitative estimate of drug-likeness (QED) is 0.0720. The molecule has 21 N–H and O–H groups in total. The molecule has 7 heterocycles. The van der Waals surface area contributed by atoms with Crippen LogP contribution < -0.4 is 53.4 Å². The second-order valence-corrected chi connectivity index (χ2v) is 27.3. The molecule has 0 aliphatic carbocycles. The molecule has 7 aliphatic heterocycles. The van der Waals surface area contributed by atoms with E-state index in [-0.39, 0.29) is 85.5 Å². The highest BCUT2D eigenvalue weighted by molar-refractivity contribution is 6.31. The fraction of sp³-hybridized carbons (Fsp3) is 0.441. The number of nitrogens with one attached hydrogen (secondary N) is 7. The maximum atomic E-state index is 16.1. The number of hydrogen-bond donors (Lipinski definition) is 19. The largest absolute Gasteiger partial charge is 0.508 e. The summed E-state index contributed by atoms with van der Waals surface area (Å²) in [7, 11) is 1.49. The minimum atomic E-state index is -2.24. The first-order valence-electron chi connectivity index (χ1n) is 32.2. The van der Waals surface area contributed by atoms with Crippen molar-refractivity contribution in [3.63, 3.8) is 0 Å². The van der Waals surface area contributed by atoms with Crippen molar-refractivity contribution in [1.29, 1.82) is 0 Å². The number of amides is 7. The van der Waals surface area contributed by atoms with Crippen LogP contribution in [0.2, 0.25) is 10.0 Å². The molecule has 0 saturated carbocycles. The van der Waals surface area contributed by atoms with E-state index in [2.05, 4.69) is 37.2 Å². The summed E-state index contributed by atoms with van der Waals surface area (Å²) in [4.78, 5) is 117. The van der Waals surface area contributed by atoms with Gasteiger partial charge in [0.15, 0.2) is 18.4 Å². The molecule has 7 aliphatic rings. The third-order valence-electron chi connectivity index (χ3n) is 18.6. The topological polar surface area (TPSA) is 512 Å². The molecule has 33 heteroatoms. The van der Waals surface area contributed by atoms with Gasteiger partial charge >= 0.3 is 5.97 Å². The number of carboxylic acids is 1. The Kier molecular flexibility index (Phi) is 22.5. The van der Waals surface area contributed by atoms with E-state index in [1.54, 1.807) is 0 Å². The van der Waals surface area contributed by atoms with Gasteiger partial charge in [-0.3, -0.25) is 33.6 Å². The Morgan fingerprint density at radius 2 is 1.32 bits per heavy atom. The molecule has 2 fully saturated rings. The number of aliphatic carboxylic acids is 1. The summed E-state index contributed by atoms with van der Waals surface area (Å²) in [6.45, 7) is 5.83. The van der Waals surface area contributed by atoms with Gasteiger partial charge in [0.25, 0.3) is 0 Å². The fourth-order valence-corrected chi connectivity index (χ4v) is 13.7. The van der Waals surface area contributed by atoms with Crippen LogP contribution in [-0.2, 0) is 65.4 Å². The molecule has 101 heavy (non-hydrogen) atoms. The van der Waals surface area contributed by atoms with E-state index in [1.165, 1.54) is 69.4 Å². The Hall–Kier alpha value is -8.80. The Labute approximate surface area is 586 Å². The molecule has 2 saturated heterocycles. The predicted octanol–water partition coefficient (Wildman–Crippen LogP) is -0.297. The molecule has 5 aromatic carbocycles. The number of carbonyl (C=O) groups excluding carboxylic acids is 7. The van der Waals surface area contributed by atoms with Crippen LogP contribution in [-0.4, -0.2) is 191 Å². The molecule has 0 radical (unpaired) electrons. The molecular weight excluding hydrogens is 1370 g/mol. The highest BCUT2D eigenvalue weighted by atomic mass is 35.5. The van der Waals surface area contributed by atoms with Crippen molar-refractivity contribution in [1.82, 2.24) is 37.2 Å². The van der Waals surface area contributed by atoms with Crippen LogP contribution in [0.3, 0.4) is 0 Å². The van der Waals surface area contributed by atoms with Gasteiger partial charge in [0, 0.05) is 57.6 Å². The fourth-order valence-electron chi connectivity index (χ4n) is 13.2. The number of phenolic OH excluding ortho intramolecular Hbond substituents is 3. The number of fused-ring (bicyclic) bond motifs is 15. The van der Waals surface area contributed by atoms with Crippen molar-refractivity contribution in [3.05, 3.63) is 139 Å². The number of halogens is 2. The van der Waals surface area contributed by atoms with Crippen molar-refractivity contribution in [2.75, 3.05) is 13.7 Å². The number of carbonyl (C=O) groups is 8. The lowest BCUT2D eigenvalue weighted by Crippen LogP contribution is -2.64. The number of likely N-dealkylation sites (N-methyl/N-ethyl adjacent to an activating group) is 1. The van der Waals surface area contributed by atoms with Crippen molar-refractivity contribution in [3.8, 4) is 34.1 Å². The van der Waals surface area contributed by atoms with E-state index >= 15 is 14.4 Å². The summed E-state index contributed by atoms with van der Waals surface area (Å²) in [5.74, 6) is -13.0. The van der Waals surface area contributed by atoms with E-state index in [9.17, 15) is 75.0 Å². The zero-order valence-corrected chi connectivity index (χ0v) is 56.4. The number of ether oxygens (including phenoxy) is 4. The summed E-state index contributed by atoms with van der Waals surface area (Å²) in [6.07, 6.45) is -18.4. The molecular formula is C68H79Cl2N9O22. The van der Waals surface area contributed by atoms with Crippen LogP contribution in [0.5, 0.6) is 23.0 Å². The van der Waals surface area contributed by atoms with E-state index in [0.29, 0.717) is 0 Å². The van der Waals surface area contributed by atoms with E-state index in [1.807, 2.05) is 13.8 Å². The normalized spacial score (nSPS) is 29.6. The SMILES string of the molecule is CN[C@H](CC(C)C)C(=O)N[C@H]1C(=O)N[C@@H](CC(N)=O)C(=O)N[C@H]2C(=O)N[C@H]3C(=O)N[C@H](C(=O)N[C@@H](C(=O)O)c4cc(O)cc(O)c4-c4cc3ccc4O)[C@H](O)c3ccc(c(Cl)c3)Cc3cc2cc(c3O[C@H]2OC(CO)[C@@H](O)[C@H](O)C2OC2CC(C)(N)C(O)C(C)O2)Cc2ccc(cc2Cl)[C@H]1O. The summed E-state index contributed by atoms with van der Waals surface area (Å²) in [5, 5.41) is 132. The first-order valence-corrected chi connectivity index (χ1v) is 33.0. The highest BCUT2D eigenvalue weighted by Gasteiger charge is 2.51. The van der Waals surface area contributed by atoms with E-state index in [4.69, 9.17) is 53.6 Å². The van der Waals surface area contributed by atoms with Gasteiger partial charge in [-0.25, -0.2) is 4.79 Å². The number of hydrogen-bond acceptors (Lipinski definition) is 23. The summed E-state index contributed by atoms with van der Waals surface area (Å²) in [5.41, 5.74) is 9.09. The van der Waals surface area contributed by atoms with Gasteiger partial charge < -0.3 is 119 Å². The lowest BCUT2D eigenvalue weighted by atomic mass is 9.86. The van der Waals surface area contributed by atoms with Gasteiger partial charge in [0.1, 0.15) is 83.7 Å². The number of aromatic hydroxyl groups is 3. The van der Waals surface area contributed by atoms with Gasteiger partial charge in [0.05, 0.1) is 31.3 Å². The molecule has 7 amide bonds. The van der Waals surface area contributed by atoms with Gasteiger partial charge in [-0.1, -0.05) is 67.4 Å². The second kappa shape index (κ2) is 30.4. The third kappa shape index (κ3) is 16.0. The monoisotopic (exact) mass is 1440 g/mol. The Morgan fingerprint density at radius 1 is 0.713 bits per heavy atom. The van der Waals surface area contributed by atoms with Crippen LogP contribution >= 0.6 is 23.2 Å². The molecule has 18 atom stereocenters. The van der Waals surface area contributed by atoms with Gasteiger partial charge in [-0.2, -0.15) is 0 Å². The summed E-state index contributed by atoms with van der Waals surface area (Å²) >= 11 is 14.4. The molecule has 542 valence electrons. The number of rotatable bonds is 13. The van der Waals surface area contributed by atoms with Crippen molar-refractivity contribution >= 4 is 70.5 Å². The first kappa shape index (κ1) is 74.9. The van der Waals surface area contributed by atoms with Gasteiger partial charge in [-0.15, -0.1) is 0 Å². The van der Waals surface area contributed by atoms with E-state index < -0.39 is 210 Å². The molecule has 5 aromatic rings. The van der Waals surface area contributed by atoms with Crippen LogP contribution in [0, 0.1) is 5.92 Å². The van der Waals surface area contributed by atoms with Crippen molar-refractivity contribution in [2.45, 2.75) is 169 Å². The maximum absolute atomic E-state index is 16.1. The van der Waals surface area contributed by atoms with Crippen LogP contribution in [0.15, 0.2) is 78.9 Å². The minimum Gasteiger partial charge on any atom is -0.508 e. The first-order chi connectivity index (χ1) is 47.7. The van der Waals surface area contributed by atoms with Crippen LogP contribution in [0.4, 0.5) is 0 Å². The molecule has 31 nitrogen and oxygen atoms in total. The lowest BCUT2D eigenvalue weighted by molar-refractivity contribution is -0.333. The Balaban J connectivity index is 1.24. The molecule has 0 spiro atoms. The second-order valence-electron chi connectivity index (χ2n) is 26.5. The standard InChI is InChI=1S/C68H79Cl2N9O22/c1-25(2)12-40(73-5)60(90)78-51-53(85)30-8-6-27(38(69)18-30)13-33-15-32-16-34(57(33)101-67-58(56(88)55(87)44(24-80)99-67)100-46-23-68(4,72)59(89)26(3)98-46)14-28-7-9-31(19-39(28)70)54(86)52-65(95)77-50(66(96)97)37-20-35(81)21-43(83)47(37)36-17-29(10-11-42(36)82)48(62(92)79-52)76-63(93)49(32)75-61(91)41(22-45(71)84)74-64(51)94/h6-11,15-21,25-26,40-41,44,46,48-56,58-59,67,73,80-83,85-89H,12-14,22-24,72H2,1-5H3,(H2,71,84)(H,74,94)(H,75,91)(H,76,93)(H,77,95)(H,78,90)(H,79,92)(H,96,97)/t26?,40-,41+,44?,46?,48-,49-,50-,51-,52+,53-,54-,55-,56+,58?,59?,67-,68?/m1/s1. The molecule has 12 rings (SSSR count). The summed E-state index contributed by atoms with van der Waals surface area (Å²) < 4.78 is 25.6. The summed E-state index contributed by atoms with van der Waals surface area (Å²) in [6, 6.07) is 1.69. The molecule has 6 unspecified atom stereocenters. The smallest absolute Gasteiger partial charge is 0.330 e. The van der Waals surface area contributed by atoms with Crippen molar-refractivity contribution < 1.29 is 108 Å². The number of carboxylic acid groups (broad SMARTS) is 1. The number of benzene rings is 5. The molecule has 0 aromatic heterocycles.